The van der Waals surface area contributed by atoms with Crippen LogP contribution in [0.3, 0.4) is 0 Å². The van der Waals surface area contributed by atoms with Crippen LogP contribution < -0.4 is 10.1 Å². The SMILES string of the molecule is COc1nnccc1NC(=O)c1ccc2c(Br)cnn2c1. The number of hydrogen-bond acceptors (Lipinski definition) is 5. The molecule has 21 heavy (non-hydrogen) atoms. The minimum atomic E-state index is -0.283. The van der Waals surface area contributed by atoms with Gasteiger partial charge in [0.15, 0.2) is 0 Å². The van der Waals surface area contributed by atoms with Crippen molar-refractivity contribution in [1.29, 1.82) is 0 Å². The zero-order valence-corrected chi connectivity index (χ0v) is 12.5. The summed E-state index contributed by atoms with van der Waals surface area (Å²) in [6.45, 7) is 0. The fourth-order valence-corrected chi connectivity index (χ4v) is 2.25. The van der Waals surface area contributed by atoms with Crippen molar-refractivity contribution in [2.75, 3.05) is 12.4 Å². The first-order valence-corrected chi connectivity index (χ1v) is 6.78. The molecule has 1 N–H and O–H groups in total. The van der Waals surface area contributed by atoms with Crippen LogP contribution in [0.1, 0.15) is 10.4 Å². The van der Waals surface area contributed by atoms with Crippen LogP contribution in [0.4, 0.5) is 5.69 Å². The van der Waals surface area contributed by atoms with Gasteiger partial charge in [0, 0.05) is 6.20 Å². The number of halogens is 1. The molecule has 3 rings (SSSR count). The van der Waals surface area contributed by atoms with Gasteiger partial charge in [-0.3, -0.25) is 4.79 Å². The van der Waals surface area contributed by atoms with E-state index >= 15 is 0 Å². The maximum atomic E-state index is 12.3. The summed E-state index contributed by atoms with van der Waals surface area (Å²) < 4.78 is 7.54. The Bertz CT molecular complexity index is 817. The van der Waals surface area contributed by atoms with Crippen LogP contribution in [0.2, 0.25) is 0 Å². The summed E-state index contributed by atoms with van der Waals surface area (Å²) >= 11 is 3.39. The van der Waals surface area contributed by atoms with Crippen LogP contribution in [-0.4, -0.2) is 32.8 Å². The molecule has 106 valence electrons. The molecule has 3 aromatic heterocycles. The largest absolute Gasteiger partial charge is 0.478 e. The van der Waals surface area contributed by atoms with Crippen LogP contribution in [0.15, 0.2) is 41.3 Å². The predicted octanol–water partition coefficient (Wildman–Crippen LogP) is 2.15. The van der Waals surface area contributed by atoms with E-state index in [4.69, 9.17) is 4.74 Å². The topological polar surface area (TPSA) is 81.4 Å². The van der Waals surface area contributed by atoms with E-state index in [0.29, 0.717) is 11.3 Å². The fraction of sp³-hybridized carbons (Fsp3) is 0.0769. The molecule has 0 spiro atoms. The number of nitrogens with zero attached hydrogens (tertiary/aromatic N) is 4. The van der Waals surface area contributed by atoms with Crippen molar-refractivity contribution in [3.63, 3.8) is 0 Å². The molecule has 0 aliphatic heterocycles. The van der Waals surface area contributed by atoms with E-state index in [1.54, 1.807) is 29.0 Å². The van der Waals surface area contributed by atoms with Crippen molar-refractivity contribution in [3.8, 4) is 5.88 Å². The molecule has 0 unspecified atom stereocenters. The first kappa shape index (κ1) is 13.5. The molecule has 0 fully saturated rings. The standard InChI is InChI=1S/C13H10BrN5O2/c1-21-13-10(4-5-15-18-13)17-12(20)8-2-3-11-9(14)6-16-19(11)7-8/h2-7H,1H3,(H,15,17,20). The lowest BCUT2D eigenvalue weighted by atomic mass is 10.2. The van der Waals surface area contributed by atoms with Gasteiger partial charge in [-0.15, -0.1) is 5.10 Å². The third-order valence-electron chi connectivity index (χ3n) is 2.86. The Morgan fingerprint density at radius 1 is 1.38 bits per heavy atom. The van der Waals surface area contributed by atoms with Crippen LogP contribution in [0.5, 0.6) is 5.88 Å². The number of nitrogens with one attached hydrogen (secondary N) is 1. The van der Waals surface area contributed by atoms with E-state index in [1.807, 2.05) is 6.07 Å². The summed E-state index contributed by atoms with van der Waals surface area (Å²) in [7, 11) is 1.47. The summed E-state index contributed by atoms with van der Waals surface area (Å²) in [5.41, 5.74) is 1.81. The maximum absolute atomic E-state index is 12.3. The van der Waals surface area contributed by atoms with E-state index in [9.17, 15) is 4.79 Å². The van der Waals surface area contributed by atoms with Crippen LogP contribution >= 0.6 is 15.9 Å². The van der Waals surface area contributed by atoms with Crippen LogP contribution in [0, 0.1) is 0 Å². The van der Waals surface area contributed by atoms with E-state index in [-0.39, 0.29) is 11.8 Å². The van der Waals surface area contributed by atoms with Gasteiger partial charge in [0.1, 0.15) is 5.69 Å². The molecule has 8 heteroatoms. The molecule has 3 aromatic rings. The molecule has 0 aliphatic rings. The number of amides is 1. The minimum Gasteiger partial charge on any atom is -0.478 e. The third-order valence-corrected chi connectivity index (χ3v) is 3.47. The minimum absolute atomic E-state index is 0.258. The molecule has 3 heterocycles. The number of pyridine rings is 1. The van der Waals surface area contributed by atoms with Crippen molar-refractivity contribution < 1.29 is 9.53 Å². The maximum Gasteiger partial charge on any atom is 0.257 e. The zero-order valence-electron chi connectivity index (χ0n) is 10.9. The van der Waals surface area contributed by atoms with E-state index in [2.05, 4.69) is 36.5 Å². The van der Waals surface area contributed by atoms with Crippen molar-refractivity contribution >= 4 is 33.0 Å². The van der Waals surface area contributed by atoms with E-state index in [1.165, 1.54) is 13.3 Å². The highest BCUT2D eigenvalue weighted by Gasteiger charge is 2.12. The molecule has 0 saturated carbocycles. The Morgan fingerprint density at radius 2 is 2.24 bits per heavy atom. The monoisotopic (exact) mass is 347 g/mol. The van der Waals surface area contributed by atoms with Crippen molar-refractivity contribution in [1.82, 2.24) is 19.8 Å². The number of methoxy groups -OCH3 is 1. The van der Waals surface area contributed by atoms with Gasteiger partial charge in [-0.1, -0.05) is 0 Å². The molecule has 0 saturated heterocycles. The second-order valence-electron chi connectivity index (χ2n) is 4.15. The number of anilines is 1. The Kier molecular flexibility index (Phi) is 3.53. The van der Waals surface area contributed by atoms with Crippen LogP contribution in [-0.2, 0) is 0 Å². The zero-order chi connectivity index (χ0) is 14.8. The number of aromatic nitrogens is 4. The van der Waals surface area contributed by atoms with Gasteiger partial charge in [-0.25, -0.2) is 4.52 Å². The number of rotatable bonds is 3. The van der Waals surface area contributed by atoms with Gasteiger partial charge in [-0.2, -0.15) is 10.2 Å². The highest BCUT2D eigenvalue weighted by molar-refractivity contribution is 9.10. The van der Waals surface area contributed by atoms with Gasteiger partial charge in [0.2, 0.25) is 0 Å². The fourth-order valence-electron chi connectivity index (χ4n) is 1.85. The summed E-state index contributed by atoms with van der Waals surface area (Å²) in [6, 6.07) is 5.15. The average Bonchev–Trinajstić information content (AvgIpc) is 2.88. The molecule has 0 aromatic carbocycles. The number of ether oxygens (including phenoxy) is 1. The Labute approximate surface area is 128 Å². The van der Waals surface area contributed by atoms with E-state index < -0.39 is 0 Å². The molecule has 1 amide bonds. The number of carbonyl (C=O) groups excluding carboxylic acids is 1. The summed E-state index contributed by atoms with van der Waals surface area (Å²) in [5.74, 6) is -0.0245. The lowest BCUT2D eigenvalue weighted by molar-refractivity contribution is 0.102. The van der Waals surface area contributed by atoms with E-state index in [0.717, 1.165) is 9.99 Å². The quantitative estimate of drug-likeness (QED) is 0.784. The highest BCUT2D eigenvalue weighted by atomic mass is 79.9. The average molecular weight is 348 g/mol. The molecule has 0 radical (unpaired) electrons. The lowest BCUT2D eigenvalue weighted by Gasteiger charge is -2.08. The Balaban J connectivity index is 1.90. The van der Waals surface area contributed by atoms with Gasteiger partial charge < -0.3 is 10.1 Å². The van der Waals surface area contributed by atoms with Gasteiger partial charge in [-0.05, 0) is 34.1 Å². The van der Waals surface area contributed by atoms with Gasteiger partial charge >= 0.3 is 0 Å². The predicted molar refractivity (Wildman–Crippen MR) is 79.4 cm³/mol. The van der Waals surface area contributed by atoms with Crippen molar-refractivity contribution in [3.05, 3.63) is 46.8 Å². The molecule has 7 nitrogen and oxygen atoms in total. The molecule has 0 bridgehead atoms. The number of hydrogen-bond donors (Lipinski definition) is 1. The Morgan fingerprint density at radius 3 is 3.05 bits per heavy atom. The van der Waals surface area contributed by atoms with Crippen molar-refractivity contribution in [2.24, 2.45) is 0 Å². The lowest BCUT2D eigenvalue weighted by Crippen LogP contribution is -2.14. The molecule has 0 aliphatic carbocycles. The van der Waals surface area contributed by atoms with Crippen molar-refractivity contribution in [2.45, 2.75) is 0 Å². The highest BCUT2D eigenvalue weighted by Crippen LogP contribution is 2.21. The smallest absolute Gasteiger partial charge is 0.257 e. The first-order valence-electron chi connectivity index (χ1n) is 5.99. The second kappa shape index (κ2) is 5.49. The normalized spacial score (nSPS) is 10.6. The summed E-state index contributed by atoms with van der Waals surface area (Å²) in [4.78, 5) is 12.3. The summed E-state index contributed by atoms with van der Waals surface area (Å²) in [6.07, 6.45) is 4.80. The molecular formula is C13H10BrN5O2. The Hall–Kier alpha value is -2.48. The number of fused-ring (bicyclic) bond motifs is 1. The van der Waals surface area contributed by atoms with Gasteiger partial charge in [0.25, 0.3) is 11.8 Å². The number of carbonyl (C=O) groups is 1. The third kappa shape index (κ3) is 2.57. The second-order valence-corrected chi connectivity index (χ2v) is 5.00. The summed E-state index contributed by atoms with van der Waals surface area (Å²) in [5, 5.41) is 14.4. The van der Waals surface area contributed by atoms with Crippen LogP contribution in [0.25, 0.3) is 5.52 Å². The molecular weight excluding hydrogens is 338 g/mol. The molecule has 0 atom stereocenters. The van der Waals surface area contributed by atoms with Gasteiger partial charge in [0.05, 0.1) is 35.1 Å². The first-order chi connectivity index (χ1) is 10.2.